The van der Waals surface area contributed by atoms with E-state index in [1.54, 1.807) is 0 Å². The molecule has 0 atom stereocenters. The van der Waals surface area contributed by atoms with Gasteiger partial charge < -0.3 is 10.1 Å². The summed E-state index contributed by atoms with van der Waals surface area (Å²) in [6.45, 7) is 0. The lowest BCUT2D eigenvalue weighted by molar-refractivity contribution is -0.139. The van der Waals surface area contributed by atoms with Gasteiger partial charge in [-0.05, 0) is 18.4 Å². The third-order valence-electron chi connectivity index (χ3n) is 3.00. The number of anilines is 2. The first-order chi connectivity index (χ1) is 11.1. The van der Waals surface area contributed by atoms with E-state index >= 15 is 0 Å². The van der Waals surface area contributed by atoms with Gasteiger partial charge in [-0.15, -0.1) is 23.1 Å². The third kappa shape index (κ3) is 3.92. The van der Waals surface area contributed by atoms with Gasteiger partial charge in [-0.25, -0.2) is 0 Å². The summed E-state index contributed by atoms with van der Waals surface area (Å²) in [6, 6.07) is 11.4. The number of nitrogens with zero attached hydrogens (tertiary/aromatic N) is 1. The zero-order valence-corrected chi connectivity index (χ0v) is 14.2. The van der Waals surface area contributed by atoms with E-state index in [-0.39, 0.29) is 12.2 Å². The molecule has 1 aromatic carbocycles. The molecular formula is C16H14N2O3S2. The standard InChI is InChI=1S/C16H14N2O3S2/c1-21-13(20)8-12(19)15-14(11(9-17)16(22-2)23-15)18-10-6-4-3-5-7-10/h3-7,18H,8H2,1-2H3. The number of ether oxygens (including phenoxy) is 1. The summed E-state index contributed by atoms with van der Waals surface area (Å²) < 4.78 is 5.28. The number of Topliss-reactive ketones (excluding diaryl/α,β-unsaturated/α-hetero) is 1. The van der Waals surface area contributed by atoms with Crippen molar-refractivity contribution in [3.8, 4) is 6.07 Å². The van der Waals surface area contributed by atoms with Gasteiger partial charge in [0, 0.05) is 5.69 Å². The highest BCUT2D eigenvalue weighted by Gasteiger charge is 2.24. The fourth-order valence-electron chi connectivity index (χ4n) is 1.92. The van der Waals surface area contributed by atoms with E-state index in [9.17, 15) is 14.9 Å². The second-order valence-electron chi connectivity index (χ2n) is 4.45. The quantitative estimate of drug-likeness (QED) is 0.371. The van der Waals surface area contributed by atoms with Gasteiger partial charge >= 0.3 is 5.97 Å². The molecule has 0 radical (unpaired) electrons. The molecule has 0 aliphatic heterocycles. The van der Waals surface area contributed by atoms with Crippen molar-refractivity contribution >= 4 is 46.2 Å². The number of nitrogens with one attached hydrogen (secondary N) is 1. The van der Waals surface area contributed by atoms with Crippen LogP contribution in [-0.4, -0.2) is 25.1 Å². The molecule has 5 nitrogen and oxygen atoms in total. The molecule has 118 valence electrons. The van der Waals surface area contributed by atoms with Gasteiger partial charge in [0.2, 0.25) is 0 Å². The van der Waals surface area contributed by atoms with Crippen LogP contribution >= 0.6 is 23.1 Å². The van der Waals surface area contributed by atoms with Gasteiger partial charge in [0.05, 0.1) is 21.9 Å². The fourth-order valence-corrected chi connectivity index (χ4v) is 3.73. The number of thiophene rings is 1. The number of benzene rings is 1. The normalized spacial score (nSPS) is 9.96. The predicted molar refractivity (Wildman–Crippen MR) is 91.5 cm³/mol. The molecule has 1 N–H and O–H groups in total. The second-order valence-corrected chi connectivity index (χ2v) is 6.55. The van der Waals surface area contributed by atoms with Crippen molar-refractivity contribution in [1.29, 1.82) is 5.26 Å². The molecule has 0 bridgehead atoms. The first-order valence-corrected chi connectivity index (χ1v) is 8.67. The van der Waals surface area contributed by atoms with Crippen molar-refractivity contribution in [2.75, 3.05) is 18.7 Å². The maximum Gasteiger partial charge on any atom is 0.313 e. The van der Waals surface area contributed by atoms with Gasteiger partial charge in [0.15, 0.2) is 5.78 Å². The molecule has 1 heterocycles. The number of para-hydroxylation sites is 1. The lowest BCUT2D eigenvalue weighted by atomic mass is 10.1. The van der Waals surface area contributed by atoms with E-state index in [4.69, 9.17) is 0 Å². The summed E-state index contributed by atoms with van der Waals surface area (Å²) in [5, 5.41) is 12.6. The number of rotatable bonds is 6. The lowest BCUT2D eigenvalue weighted by Crippen LogP contribution is -2.09. The smallest absolute Gasteiger partial charge is 0.313 e. The summed E-state index contributed by atoms with van der Waals surface area (Å²) in [4.78, 5) is 24.1. The van der Waals surface area contributed by atoms with E-state index in [1.165, 1.54) is 30.2 Å². The van der Waals surface area contributed by atoms with Crippen LogP contribution in [0.5, 0.6) is 0 Å². The molecule has 0 spiro atoms. The number of hydrogen-bond acceptors (Lipinski definition) is 7. The molecule has 0 fully saturated rings. The molecule has 2 aromatic rings. The van der Waals surface area contributed by atoms with Crippen LogP contribution in [0.3, 0.4) is 0 Å². The van der Waals surface area contributed by atoms with Gasteiger partial charge in [-0.3, -0.25) is 9.59 Å². The first kappa shape index (κ1) is 17.1. The third-order valence-corrected chi connectivity index (χ3v) is 5.35. The Morgan fingerprint density at radius 1 is 1.35 bits per heavy atom. The number of esters is 1. The van der Waals surface area contributed by atoms with E-state index < -0.39 is 5.97 Å². The van der Waals surface area contributed by atoms with Crippen LogP contribution in [-0.2, 0) is 9.53 Å². The Morgan fingerprint density at radius 3 is 2.61 bits per heavy atom. The molecule has 2 rings (SSSR count). The Hall–Kier alpha value is -2.30. The summed E-state index contributed by atoms with van der Waals surface area (Å²) in [6.07, 6.45) is 1.49. The van der Waals surface area contributed by atoms with Crippen molar-refractivity contribution in [3.63, 3.8) is 0 Å². The van der Waals surface area contributed by atoms with E-state index in [0.29, 0.717) is 16.1 Å². The minimum atomic E-state index is -0.599. The first-order valence-electron chi connectivity index (χ1n) is 6.63. The van der Waals surface area contributed by atoms with Crippen LogP contribution in [0.15, 0.2) is 34.5 Å². The molecule has 23 heavy (non-hydrogen) atoms. The largest absolute Gasteiger partial charge is 0.469 e. The number of thioether (sulfide) groups is 1. The zero-order valence-electron chi connectivity index (χ0n) is 12.6. The van der Waals surface area contributed by atoms with Gasteiger partial charge in [0.25, 0.3) is 0 Å². The Balaban J connectivity index is 2.45. The average Bonchev–Trinajstić information content (AvgIpc) is 2.93. The molecule has 0 saturated carbocycles. The molecule has 0 aliphatic rings. The molecule has 1 aromatic heterocycles. The Morgan fingerprint density at radius 2 is 2.04 bits per heavy atom. The van der Waals surface area contributed by atoms with Crippen LogP contribution in [0.1, 0.15) is 21.7 Å². The maximum absolute atomic E-state index is 12.4. The summed E-state index contributed by atoms with van der Waals surface area (Å²) in [7, 11) is 1.24. The highest BCUT2D eigenvalue weighted by molar-refractivity contribution is 8.00. The molecular weight excluding hydrogens is 332 g/mol. The van der Waals surface area contributed by atoms with Crippen LogP contribution in [0.4, 0.5) is 11.4 Å². The van der Waals surface area contributed by atoms with Gasteiger partial charge in [-0.1, -0.05) is 18.2 Å². The van der Waals surface area contributed by atoms with Crippen LogP contribution in [0.2, 0.25) is 0 Å². The average molecular weight is 346 g/mol. The maximum atomic E-state index is 12.4. The number of hydrogen-bond donors (Lipinski definition) is 1. The summed E-state index contributed by atoms with van der Waals surface area (Å²) in [5.41, 5.74) is 1.63. The Bertz CT molecular complexity index is 764. The van der Waals surface area contributed by atoms with E-state index in [2.05, 4.69) is 16.1 Å². The predicted octanol–water partition coefficient (Wildman–Crippen LogP) is 3.83. The monoisotopic (exact) mass is 346 g/mol. The molecule has 0 amide bonds. The van der Waals surface area contributed by atoms with Crippen molar-refractivity contribution in [2.24, 2.45) is 0 Å². The minimum Gasteiger partial charge on any atom is -0.469 e. The van der Waals surface area contributed by atoms with Crippen LogP contribution < -0.4 is 5.32 Å². The van der Waals surface area contributed by atoms with Crippen LogP contribution in [0.25, 0.3) is 0 Å². The van der Waals surface area contributed by atoms with Crippen molar-refractivity contribution in [1.82, 2.24) is 0 Å². The fraction of sp³-hybridized carbons (Fsp3) is 0.188. The highest BCUT2D eigenvalue weighted by Crippen LogP contribution is 2.40. The van der Waals surface area contributed by atoms with Crippen molar-refractivity contribution in [3.05, 3.63) is 40.8 Å². The molecule has 0 saturated heterocycles. The van der Waals surface area contributed by atoms with Crippen LogP contribution in [0, 0.1) is 11.3 Å². The summed E-state index contributed by atoms with van der Waals surface area (Å²) >= 11 is 2.61. The SMILES string of the molecule is COC(=O)CC(=O)c1sc(SC)c(C#N)c1Nc1ccccc1. The number of carbonyl (C=O) groups excluding carboxylic acids is 2. The Labute approximate surface area is 142 Å². The van der Waals surface area contributed by atoms with Crippen molar-refractivity contribution < 1.29 is 14.3 Å². The lowest BCUT2D eigenvalue weighted by Gasteiger charge is -2.07. The minimum absolute atomic E-state index is 0.348. The molecule has 0 aliphatic carbocycles. The molecule has 7 heteroatoms. The zero-order chi connectivity index (χ0) is 16.8. The number of carbonyl (C=O) groups is 2. The van der Waals surface area contributed by atoms with Crippen molar-refractivity contribution in [2.45, 2.75) is 10.6 Å². The number of ketones is 1. The molecule has 0 unspecified atom stereocenters. The number of methoxy groups -OCH3 is 1. The van der Waals surface area contributed by atoms with E-state index in [1.807, 2.05) is 36.6 Å². The highest BCUT2D eigenvalue weighted by atomic mass is 32.2. The number of nitriles is 1. The Kier molecular flexibility index (Phi) is 5.79. The van der Waals surface area contributed by atoms with Gasteiger partial charge in [-0.2, -0.15) is 5.26 Å². The van der Waals surface area contributed by atoms with E-state index in [0.717, 1.165) is 9.90 Å². The van der Waals surface area contributed by atoms with Gasteiger partial charge in [0.1, 0.15) is 18.1 Å². The topological polar surface area (TPSA) is 79.2 Å². The summed E-state index contributed by atoms with van der Waals surface area (Å²) in [5.74, 6) is -0.963. The second kappa shape index (κ2) is 7.81.